The highest BCUT2D eigenvalue weighted by Crippen LogP contribution is 2.65. The molecule has 0 fully saturated rings. The first-order valence-corrected chi connectivity index (χ1v) is 47.9. The fraction of sp³-hybridized carbons (Fsp3) is 0. The number of rotatable bonds is 0. The summed E-state index contributed by atoms with van der Waals surface area (Å²) in [5.41, 5.74) is 0. The summed E-state index contributed by atoms with van der Waals surface area (Å²) in [6.45, 7) is 0. The van der Waals surface area contributed by atoms with E-state index < -0.39 is 24.2 Å². The third-order valence-corrected chi connectivity index (χ3v) is 41.8. The fourth-order valence-corrected chi connectivity index (χ4v) is 35.3. The van der Waals surface area contributed by atoms with E-state index in [1.54, 1.807) is 0 Å². The van der Waals surface area contributed by atoms with Gasteiger partial charge in [0.2, 0.25) is 0 Å². The summed E-state index contributed by atoms with van der Waals surface area (Å²) in [6.07, 6.45) is 0. The van der Waals surface area contributed by atoms with Crippen LogP contribution in [0.25, 0.3) is 64.6 Å². The molecular formula is C96H56O8P4S4. The molecule has 18 aromatic carbocycles. The lowest BCUT2D eigenvalue weighted by Crippen LogP contribution is -2.35. The smallest absolute Gasteiger partial charge is 0.148 e. The van der Waals surface area contributed by atoms with E-state index in [0.717, 1.165) is 220 Å². The molecule has 4 atom stereocenters. The zero-order valence-electron chi connectivity index (χ0n) is 59.0. The van der Waals surface area contributed by atoms with Gasteiger partial charge in [-0.1, -0.05) is 278 Å². The van der Waals surface area contributed by atoms with Crippen molar-refractivity contribution in [2.45, 2.75) is 0 Å². The standard InChI is InChI=1S/2C26H15O2PS.2C22H13O2PS/c30-29-22-12-6-5-11-20(22)27-25-19-10-4-2-8-17(19)15-21(26(25)29)28-24-18-9-3-1-7-16(18)13-14-23(24)29;30-29-22-12-6-5-11-20(22)27-21-15-17-8-2-4-10-19(17)25(26(21)29)28-24-18-9-3-1-7-16(18)13-14-23(24)29;26-25-19-11-5-3-9-16(19)23-18-13-14-7-1-2-8-15(14)21(22(18)25)24-17-10-4-6-12-20(17)25;26-25-19-11-4-3-8-16(19)23-17-9-5-10-18(22(17)25)24-21-15-7-2-1-6-14(15)12-13-20(21)25/h2*1-15H;2*1-13H. The van der Waals surface area contributed by atoms with Crippen LogP contribution in [-0.4, -0.2) is 0 Å². The van der Waals surface area contributed by atoms with E-state index in [4.69, 9.17) is 85.1 Å². The Kier molecular flexibility index (Phi) is 14.8. The number of fused-ring (bicyclic) bond motifs is 28. The van der Waals surface area contributed by atoms with Crippen molar-refractivity contribution in [3.8, 4) is 92.0 Å². The minimum atomic E-state index is -2.34. The number of hydrogen-bond donors (Lipinski definition) is 0. The molecule has 8 aliphatic heterocycles. The number of ether oxygens (including phenoxy) is 8. The summed E-state index contributed by atoms with van der Waals surface area (Å²) < 4.78 is 51.5. The highest BCUT2D eigenvalue weighted by molar-refractivity contribution is 8.27. The van der Waals surface area contributed by atoms with E-state index in [9.17, 15) is 0 Å². The summed E-state index contributed by atoms with van der Waals surface area (Å²) in [4.78, 5) is 0. The zero-order valence-corrected chi connectivity index (χ0v) is 65.9. The second-order valence-corrected chi connectivity index (χ2v) is 45.5. The second-order valence-electron chi connectivity index (χ2n) is 28.4. The average molecular weight is 1590 g/mol. The molecule has 0 radical (unpaired) electrons. The van der Waals surface area contributed by atoms with Gasteiger partial charge in [-0.3, -0.25) is 0 Å². The van der Waals surface area contributed by atoms with Crippen LogP contribution in [0.4, 0.5) is 0 Å². The molecule has 0 aromatic heterocycles. The van der Waals surface area contributed by atoms with Crippen molar-refractivity contribution in [1.29, 1.82) is 0 Å². The molecule has 532 valence electrons. The lowest BCUT2D eigenvalue weighted by Gasteiger charge is -2.38. The normalized spacial score (nSPS) is 18.5. The van der Waals surface area contributed by atoms with Gasteiger partial charge in [-0.15, -0.1) is 0 Å². The maximum atomic E-state index is 6.71. The Morgan fingerprint density at radius 1 is 0.152 bits per heavy atom. The van der Waals surface area contributed by atoms with E-state index >= 15 is 0 Å². The van der Waals surface area contributed by atoms with Crippen molar-refractivity contribution < 1.29 is 37.9 Å². The summed E-state index contributed by atoms with van der Waals surface area (Å²) in [6, 6.07) is 107. The van der Waals surface area contributed by atoms with Crippen molar-refractivity contribution in [3.05, 3.63) is 340 Å². The molecule has 18 aromatic rings. The van der Waals surface area contributed by atoms with Gasteiger partial charge in [-0.2, -0.15) is 0 Å². The van der Waals surface area contributed by atoms with E-state index in [0.29, 0.717) is 0 Å². The molecular weight excluding hydrogens is 1530 g/mol. The molecule has 0 amide bonds. The van der Waals surface area contributed by atoms with Crippen LogP contribution in [0.2, 0.25) is 0 Å². The van der Waals surface area contributed by atoms with Crippen LogP contribution >= 0.6 is 24.2 Å². The Labute approximate surface area is 664 Å². The van der Waals surface area contributed by atoms with Crippen LogP contribution in [0, 0.1) is 0 Å². The maximum Gasteiger partial charge on any atom is 0.148 e. The highest BCUT2D eigenvalue weighted by atomic mass is 32.5. The molecule has 112 heavy (non-hydrogen) atoms. The number of benzene rings is 18. The van der Waals surface area contributed by atoms with Crippen molar-refractivity contribution in [1.82, 2.24) is 0 Å². The van der Waals surface area contributed by atoms with E-state index in [-0.39, 0.29) is 0 Å². The maximum absolute atomic E-state index is 6.71. The van der Waals surface area contributed by atoms with Crippen molar-refractivity contribution in [2.75, 3.05) is 0 Å². The summed E-state index contributed by atoms with van der Waals surface area (Å²) in [5.74, 6) is 13.7. The lowest BCUT2D eigenvalue weighted by molar-refractivity contribution is 0.469. The molecule has 8 aliphatic rings. The molecule has 0 bridgehead atoms. The molecule has 8 heterocycles. The first-order chi connectivity index (χ1) is 55.0. The Morgan fingerprint density at radius 3 is 0.741 bits per heavy atom. The molecule has 0 aliphatic carbocycles. The summed E-state index contributed by atoms with van der Waals surface area (Å²) >= 11 is 26.2. The average Bonchev–Trinajstić information content (AvgIpc) is 0.720. The first kappa shape index (κ1) is 66.3. The zero-order chi connectivity index (χ0) is 74.3. The van der Waals surface area contributed by atoms with Crippen LogP contribution < -0.4 is 102 Å². The minimum Gasteiger partial charge on any atom is -0.456 e. The van der Waals surface area contributed by atoms with Gasteiger partial charge < -0.3 is 37.9 Å². The van der Waals surface area contributed by atoms with Gasteiger partial charge in [0, 0.05) is 74.8 Å². The van der Waals surface area contributed by atoms with E-state index in [2.05, 4.69) is 194 Å². The van der Waals surface area contributed by atoms with Gasteiger partial charge in [0.1, 0.15) is 92.0 Å². The van der Waals surface area contributed by atoms with Gasteiger partial charge in [0.15, 0.2) is 0 Å². The molecule has 0 saturated heterocycles. The van der Waals surface area contributed by atoms with Gasteiger partial charge in [0.25, 0.3) is 0 Å². The predicted molar refractivity (Wildman–Crippen MR) is 476 cm³/mol. The Bertz CT molecular complexity index is 7410. The SMILES string of the molecule is S=P12c3ccccc3Oc3c1c(cc1ccccc31)Oc1c2ccc2ccccc12.S=P12c3ccccc3Oc3cc4ccccc4c(c31)Oc1c2ccc2ccccc12.S=P12c3ccccc3Oc3cc4ccccc4c(c31)Oc1ccccc12.S=P12c3ccccc3Oc3cccc(c31)Oc1c2ccc2ccccc12. The second kappa shape index (κ2) is 25.0. The van der Waals surface area contributed by atoms with E-state index in [1.807, 2.05) is 146 Å². The summed E-state index contributed by atoms with van der Waals surface area (Å²) in [5, 5.41) is 26.3. The largest absolute Gasteiger partial charge is 0.456 e. The van der Waals surface area contributed by atoms with Crippen LogP contribution in [0.5, 0.6) is 92.0 Å². The molecule has 0 spiro atoms. The van der Waals surface area contributed by atoms with Crippen molar-refractivity contribution >= 4 is 200 Å². The van der Waals surface area contributed by atoms with Crippen molar-refractivity contribution in [2.24, 2.45) is 0 Å². The summed E-state index contributed by atoms with van der Waals surface area (Å²) in [7, 11) is 0. The monoisotopic (exact) mass is 1590 g/mol. The van der Waals surface area contributed by atoms with E-state index in [1.165, 1.54) is 0 Å². The van der Waals surface area contributed by atoms with Gasteiger partial charge in [-0.05, 0) is 142 Å². The van der Waals surface area contributed by atoms with Gasteiger partial charge >= 0.3 is 0 Å². The van der Waals surface area contributed by atoms with Gasteiger partial charge in [0.05, 0.1) is 45.4 Å². The fourth-order valence-electron chi connectivity index (χ4n) is 17.4. The van der Waals surface area contributed by atoms with Crippen LogP contribution in [0.1, 0.15) is 0 Å². The Hall–Kier alpha value is -11.5. The van der Waals surface area contributed by atoms with Crippen molar-refractivity contribution in [3.63, 3.8) is 0 Å². The quantitative estimate of drug-likeness (QED) is 0.136. The minimum absolute atomic E-state index is 0.823. The molecule has 8 nitrogen and oxygen atoms in total. The topological polar surface area (TPSA) is 73.8 Å². The number of para-hydroxylation sites is 5. The molecule has 0 saturated carbocycles. The molecule has 16 heteroatoms. The third-order valence-electron chi connectivity index (χ3n) is 22.4. The predicted octanol–water partition coefficient (Wildman–Crippen LogP) is 21.5. The van der Waals surface area contributed by atoms with Crippen LogP contribution in [0.15, 0.2) is 340 Å². The number of hydrogen-bond acceptors (Lipinski definition) is 12. The lowest BCUT2D eigenvalue weighted by atomic mass is 10.1. The Morgan fingerprint density at radius 2 is 0.375 bits per heavy atom. The van der Waals surface area contributed by atoms with Crippen LogP contribution in [0.3, 0.4) is 0 Å². The highest BCUT2D eigenvalue weighted by Gasteiger charge is 2.48. The molecule has 26 rings (SSSR count). The molecule has 4 unspecified atom stereocenters. The van der Waals surface area contributed by atoms with Crippen LogP contribution in [-0.2, 0) is 47.2 Å². The third kappa shape index (κ3) is 9.47. The Balaban J connectivity index is 0.0000000893. The first-order valence-electron chi connectivity index (χ1n) is 36.7. The van der Waals surface area contributed by atoms with Gasteiger partial charge in [-0.25, -0.2) is 0 Å². The molecule has 0 N–H and O–H groups in total.